The van der Waals surface area contributed by atoms with Crippen LogP contribution < -0.4 is 0 Å². The minimum atomic E-state index is -0.396. The highest BCUT2D eigenvalue weighted by Crippen LogP contribution is 2.44. The topological polar surface area (TPSA) is 49.0 Å². The van der Waals surface area contributed by atoms with Gasteiger partial charge in [0.2, 0.25) is 0 Å². The largest absolute Gasteiger partial charge is 0.322 e. The Kier molecular flexibility index (Phi) is 5.64. The Balaban J connectivity index is 1.65. The van der Waals surface area contributed by atoms with Gasteiger partial charge in [0.05, 0.1) is 21.8 Å². The molecule has 3 aromatic carbocycles. The Morgan fingerprint density at radius 2 is 1.50 bits per heavy atom. The number of fused-ring (bicyclic) bond motifs is 1. The zero-order valence-electron chi connectivity index (χ0n) is 16.4. The molecule has 0 aliphatic carbocycles. The normalized spacial score (nSPS) is 15.3. The molecule has 0 fully saturated rings. The van der Waals surface area contributed by atoms with Gasteiger partial charge in [0.25, 0.3) is 5.91 Å². The van der Waals surface area contributed by atoms with Crippen LogP contribution in [0.5, 0.6) is 0 Å². The first-order chi connectivity index (χ1) is 15.4. The Bertz CT molecular complexity index is 1320. The Morgan fingerprint density at radius 1 is 0.844 bits per heavy atom. The maximum atomic E-state index is 13.5. The minimum absolute atomic E-state index is 0.140. The molecule has 0 saturated heterocycles. The van der Waals surface area contributed by atoms with Gasteiger partial charge in [-0.1, -0.05) is 76.7 Å². The number of benzene rings is 3. The van der Waals surface area contributed by atoms with E-state index in [0.717, 1.165) is 22.3 Å². The summed E-state index contributed by atoms with van der Waals surface area (Å²) in [6, 6.07) is 19.8. The molecule has 0 radical (unpaired) electrons. The second kappa shape index (κ2) is 8.45. The van der Waals surface area contributed by atoms with E-state index in [2.05, 4.69) is 10.2 Å². The van der Waals surface area contributed by atoms with E-state index in [1.165, 1.54) is 0 Å². The maximum Gasteiger partial charge on any atom is 0.273 e. The molecule has 4 aromatic rings. The molecule has 8 heteroatoms. The second-order valence-electron chi connectivity index (χ2n) is 7.50. The molecule has 1 amide bonds. The lowest BCUT2D eigenvalue weighted by atomic mass is 9.96. The first-order valence-corrected chi connectivity index (χ1v) is 11.3. The zero-order chi connectivity index (χ0) is 22.4. The van der Waals surface area contributed by atoms with Gasteiger partial charge < -0.3 is 4.90 Å². The number of hydrogen-bond acceptors (Lipinski definition) is 2. The van der Waals surface area contributed by atoms with Crippen LogP contribution in [0.25, 0.3) is 11.3 Å². The van der Waals surface area contributed by atoms with Crippen LogP contribution in [-0.2, 0) is 6.54 Å². The summed E-state index contributed by atoms with van der Waals surface area (Å²) in [6.45, 7) is 0.392. The quantitative estimate of drug-likeness (QED) is 0.315. The minimum Gasteiger partial charge on any atom is -0.322 e. The van der Waals surface area contributed by atoms with Gasteiger partial charge in [-0.3, -0.25) is 9.89 Å². The molecule has 160 valence electrons. The molecule has 0 bridgehead atoms. The summed E-state index contributed by atoms with van der Waals surface area (Å²) in [5.74, 6) is -0.140. The number of nitrogens with zero attached hydrogens (tertiary/aromatic N) is 2. The number of amides is 1. The van der Waals surface area contributed by atoms with Crippen molar-refractivity contribution >= 4 is 52.3 Å². The van der Waals surface area contributed by atoms with Gasteiger partial charge in [-0.15, -0.1) is 0 Å². The first kappa shape index (κ1) is 21.4. The van der Waals surface area contributed by atoms with Crippen LogP contribution in [0.1, 0.15) is 33.2 Å². The van der Waals surface area contributed by atoms with Crippen molar-refractivity contribution in [1.82, 2.24) is 15.1 Å². The van der Waals surface area contributed by atoms with Crippen LogP contribution in [-0.4, -0.2) is 21.0 Å². The van der Waals surface area contributed by atoms with E-state index in [1.807, 2.05) is 42.5 Å². The summed E-state index contributed by atoms with van der Waals surface area (Å²) in [7, 11) is 0. The Hall–Kier alpha value is -2.50. The van der Waals surface area contributed by atoms with Gasteiger partial charge in [-0.05, 0) is 47.5 Å². The molecular weight excluding hydrogens is 488 g/mol. The molecule has 32 heavy (non-hydrogen) atoms. The van der Waals surface area contributed by atoms with Gasteiger partial charge in [0, 0.05) is 27.7 Å². The summed E-state index contributed by atoms with van der Waals surface area (Å²) >= 11 is 24.6. The van der Waals surface area contributed by atoms with Gasteiger partial charge in [-0.2, -0.15) is 5.10 Å². The molecule has 1 aliphatic heterocycles. The summed E-state index contributed by atoms with van der Waals surface area (Å²) in [4.78, 5) is 15.2. The van der Waals surface area contributed by atoms with Crippen molar-refractivity contribution in [3.63, 3.8) is 0 Å². The van der Waals surface area contributed by atoms with E-state index in [4.69, 9.17) is 46.4 Å². The van der Waals surface area contributed by atoms with E-state index < -0.39 is 6.04 Å². The SMILES string of the molecule is O=C1c2[nH]nc(-c3ccc(Cl)cc3)c2C(c2ccc(Cl)c(Cl)c2)N1Cc1ccc(Cl)cc1. The summed E-state index contributed by atoms with van der Waals surface area (Å²) in [5.41, 5.74) is 4.61. The summed E-state index contributed by atoms with van der Waals surface area (Å²) in [5, 5.41) is 9.56. The van der Waals surface area contributed by atoms with Crippen LogP contribution in [0.3, 0.4) is 0 Å². The monoisotopic (exact) mass is 501 g/mol. The van der Waals surface area contributed by atoms with Gasteiger partial charge in [-0.25, -0.2) is 0 Å². The highest BCUT2D eigenvalue weighted by Gasteiger charge is 2.42. The highest BCUT2D eigenvalue weighted by molar-refractivity contribution is 6.42. The molecule has 0 saturated carbocycles. The van der Waals surface area contributed by atoms with Crippen molar-refractivity contribution in [3.8, 4) is 11.3 Å². The number of carbonyl (C=O) groups is 1. The fraction of sp³-hybridized carbons (Fsp3) is 0.0833. The standard InChI is InChI=1S/C24H15Cl4N3O/c25-16-6-1-13(2-7-16)12-31-23(15-5-10-18(27)19(28)11-15)20-21(29-30-22(20)24(31)32)14-3-8-17(26)9-4-14/h1-11,23H,12H2,(H,29,30). The molecule has 1 unspecified atom stereocenters. The van der Waals surface area contributed by atoms with Crippen molar-refractivity contribution in [2.45, 2.75) is 12.6 Å². The fourth-order valence-corrected chi connectivity index (χ4v) is 4.56. The number of nitrogens with one attached hydrogen (secondary N) is 1. The lowest BCUT2D eigenvalue weighted by Crippen LogP contribution is -2.29. The molecule has 1 aromatic heterocycles. The second-order valence-corrected chi connectivity index (χ2v) is 9.19. The van der Waals surface area contributed by atoms with Crippen molar-refractivity contribution < 1.29 is 4.79 Å². The van der Waals surface area contributed by atoms with Crippen LogP contribution in [0.15, 0.2) is 66.7 Å². The smallest absolute Gasteiger partial charge is 0.273 e. The Labute approximate surface area is 204 Å². The number of rotatable bonds is 4. The van der Waals surface area contributed by atoms with Crippen molar-refractivity contribution in [2.75, 3.05) is 0 Å². The van der Waals surface area contributed by atoms with E-state index in [1.54, 1.807) is 29.2 Å². The Morgan fingerprint density at radius 3 is 2.16 bits per heavy atom. The average Bonchev–Trinajstić information content (AvgIpc) is 3.32. The van der Waals surface area contributed by atoms with E-state index in [-0.39, 0.29) is 5.91 Å². The summed E-state index contributed by atoms with van der Waals surface area (Å²) < 4.78 is 0. The van der Waals surface area contributed by atoms with Crippen molar-refractivity contribution in [3.05, 3.63) is 109 Å². The number of hydrogen-bond donors (Lipinski definition) is 1. The number of aromatic amines is 1. The molecular formula is C24H15Cl4N3O. The average molecular weight is 503 g/mol. The third-order valence-electron chi connectivity index (χ3n) is 5.51. The van der Waals surface area contributed by atoms with Crippen molar-refractivity contribution in [1.29, 1.82) is 0 Å². The van der Waals surface area contributed by atoms with Crippen LogP contribution in [0, 0.1) is 0 Å². The predicted octanol–water partition coefficient (Wildman–Crippen LogP) is 7.44. The number of halogens is 4. The number of aromatic nitrogens is 2. The van der Waals surface area contributed by atoms with Crippen LogP contribution in [0.2, 0.25) is 20.1 Å². The lowest BCUT2D eigenvalue weighted by molar-refractivity contribution is 0.0730. The number of carbonyl (C=O) groups excluding carboxylic acids is 1. The van der Waals surface area contributed by atoms with Gasteiger partial charge in [0.1, 0.15) is 5.69 Å². The molecule has 0 spiro atoms. The highest BCUT2D eigenvalue weighted by atomic mass is 35.5. The third-order valence-corrected chi connectivity index (χ3v) is 6.75. The molecule has 1 N–H and O–H groups in total. The molecule has 1 atom stereocenters. The zero-order valence-corrected chi connectivity index (χ0v) is 19.5. The van der Waals surface area contributed by atoms with Crippen molar-refractivity contribution in [2.24, 2.45) is 0 Å². The molecule has 1 aliphatic rings. The van der Waals surface area contributed by atoms with Gasteiger partial charge in [0.15, 0.2) is 0 Å². The van der Waals surface area contributed by atoms with Crippen LogP contribution >= 0.6 is 46.4 Å². The molecule has 5 rings (SSSR count). The van der Waals surface area contributed by atoms with Crippen LogP contribution in [0.4, 0.5) is 0 Å². The first-order valence-electron chi connectivity index (χ1n) is 9.77. The number of H-pyrrole nitrogens is 1. The fourth-order valence-electron chi connectivity index (χ4n) is 4.00. The molecule has 4 nitrogen and oxygen atoms in total. The maximum absolute atomic E-state index is 13.5. The predicted molar refractivity (Wildman–Crippen MR) is 129 cm³/mol. The third kappa shape index (κ3) is 3.78. The van der Waals surface area contributed by atoms with Gasteiger partial charge >= 0.3 is 0 Å². The molecule has 2 heterocycles. The van der Waals surface area contributed by atoms with E-state index in [9.17, 15) is 4.79 Å². The lowest BCUT2D eigenvalue weighted by Gasteiger charge is -2.27. The van der Waals surface area contributed by atoms with E-state index in [0.29, 0.717) is 38.0 Å². The summed E-state index contributed by atoms with van der Waals surface area (Å²) in [6.07, 6.45) is 0. The van der Waals surface area contributed by atoms with E-state index >= 15 is 0 Å².